The van der Waals surface area contributed by atoms with Crippen molar-refractivity contribution in [3.8, 4) is 11.6 Å². The maximum Gasteiger partial charge on any atom is 0.239 e. The SMILES string of the molecule is CCc1cc(Nc2ncc(OC)c(Nc3cnc4ccccc4c3P(C)(C)=O)n2)c(OC)nc1N(C)CCN(C)C. The molecule has 41 heavy (non-hydrogen) atoms. The summed E-state index contributed by atoms with van der Waals surface area (Å²) in [6.45, 7) is 7.32. The quantitative estimate of drug-likeness (QED) is 0.227. The van der Waals surface area contributed by atoms with Gasteiger partial charge in [-0.25, -0.2) is 4.98 Å². The smallest absolute Gasteiger partial charge is 0.239 e. The molecule has 0 aliphatic heterocycles. The number of benzene rings is 1. The van der Waals surface area contributed by atoms with E-state index in [9.17, 15) is 4.57 Å². The number of aromatic nitrogens is 4. The molecule has 0 radical (unpaired) electrons. The number of nitrogens with zero attached hydrogens (tertiary/aromatic N) is 6. The molecule has 0 bridgehead atoms. The topological polar surface area (TPSA) is 118 Å². The fourth-order valence-corrected chi connectivity index (χ4v) is 6.00. The Morgan fingerprint density at radius 2 is 1.68 bits per heavy atom. The number of anilines is 5. The fourth-order valence-electron chi connectivity index (χ4n) is 4.54. The van der Waals surface area contributed by atoms with Gasteiger partial charge in [-0.05, 0) is 51.5 Å². The zero-order valence-corrected chi connectivity index (χ0v) is 25.9. The maximum atomic E-state index is 13.4. The van der Waals surface area contributed by atoms with Gasteiger partial charge in [-0.15, -0.1) is 0 Å². The zero-order valence-electron chi connectivity index (χ0n) is 25.0. The molecule has 4 rings (SSSR count). The first-order valence-corrected chi connectivity index (χ1v) is 16.0. The Balaban J connectivity index is 1.71. The molecule has 2 N–H and O–H groups in total. The van der Waals surface area contributed by atoms with E-state index in [0.29, 0.717) is 40.1 Å². The van der Waals surface area contributed by atoms with E-state index in [0.717, 1.165) is 41.8 Å². The third-order valence-electron chi connectivity index (χ3n) is 6.62. The highest BCUT2D eigenvalue weighted by Gasteiger charge is 2.22. The molecule has 0 aliphatic carbocycles. The van der Waals surface area contributed by atoms with Gasteiger partial charge in [0, 0.05) is 30.8 Å². The minimum atomic E-state index is -2.71. The second-order valence-electron chi connectivity index (χ2n) is 10.4. The molecule has 12 heteroatoms. The van der Waals surface area contributed by atoms with Crippen molar-refractivity contribution in [1.29, 1.82) is 0 Å². The molecule has 3 heterocycles. The fraction of sp³-hybridized carbons (Fsp3) is 0.379. The summed E-state index contributed by atoms with van der Waals surface area (Å²) in [5, 5.41) is 8.10. The molecule has 0 saturated carbocycles. The molecule has 3 aromatic heterocycles. The van der Waals surface area contributed by atoms with Crippen LogP contribution in [0.3, 0.4) is 0 Å². The minimum Gasteiger partial charge on any atom is -0.491 e. The van der Waals surface area contributed by atoms with Gasteiger partial charge in [0.1, 0.15) is 18.6 Å². The number of hydrogen-bond acceptors (Lipinski definition) is 11. The highest BCUT2D eigenvalue weighted by atomic mass is 31.2. The number of ether oxygens (including phenoxy) is 2. The van der Waals surface area contributed by atoms with E-state index in [1.165, 1.54) is 0 Å². The summed E-state index contributed by atoms with van der Waals surface area (Å²) in [5.41, 5.74) is 3.08. The summed E-state index contributed by atoms with van der Waals surface area (Å²) in [6, 6.07) is 9.68. The van der Waals surface area contributed by atoms with Crippen LogP contribution >= 0.6 is 7.14 Å². The first-order chi connectivity index (χ1) is 19.5. The van der Waals surface area contributed by atoms with E-state index in [-0.39, 0.29) is 0 Å². The van der Waals surface area contributed by atoms with Crippen molar-refractivity contribution >= 4 is 52.3 Å². The predicted octanol–water partition coefficient (Wildman–Crippen LogP) is 4.73. The van der Waals surface area contributed by atoms with Crippen LogP contribution in [0, 0.1) is 0 Å². The Hall–Kier alpha value is -3.95. The number of para-hydroxylation sites is 1. The Morgan fingerprint density at radius 3 is 2.34 bits per heavy atom. The van der Waals surface area contributed by atoms with Crippen LogP contribution in [0.5, 0.6) is 11.6 Å². The summed E-state index contributed by atoms with van der Waals surface area (Å²) < 4.78 is 24.6. The minimum absolute atomic E-state index is 0.315. The number of hydrogen-bond donors (Lipinski definition) is 2. The van der Waals surface area contributed by atoms with Crippen molar-refractivity contribution in [2.45, 2.75) is 13.3 Å². The zero-order chi connectivity index (χ0) is 29.7. The Morgan fingerprint density at radius 1 is 0.927 bits per heavy atom. The van der Waals surface area contributed by atoms with Crippen LogP contribution in [-0.4, -0.2) is 86.6 Å². The van der Waals surface area contributed by atoms with Gasteiger partial charge in [-0.1, -0.05) is 25.1 Å². The molecular formula is C29H39N8O3P. The first-order valence-electron chi connectivity index (χ1n) is 13.4. The summed E-state index contributed by atoms with van der Waals surface area (Å²) in [6.07, 6.45) is 4.04. The molecule has 0 amide bonds. The number of nitrogens with one attached hydrogen (secondary N) is 2. The van der Waals surface area contributed by atoms with Gasteiger partial charge in [-0.2, -0.15) is 9.97 Å². The molecule has 11 nitrogen and oxygen atoms in total. The average molecular weight is 579 g/mol. The lowest BCUT2D eigenvalue weighted by Gasteiger charge is -2.24. The van der Waals surface area contributed by atoms with Gasteiger partial charge in [0.05, 0.1) is 37.8 Å². The van der Waals surface area contributed by atoms with E-state index in [4.69, 9.17) is 19.4 Å². The van der Waals surface area contributed by atoms with Crippen molar-refractivity contribution in [3.05, 3.63) is 48.3 Å². The molecule has 0 aliphatic rings. The van der Waals surface area contributed by atoms with Crippen molar-refractivity contribution < 1.29 is 14.0 Å². The van der Waals surface area contributed by atoms with Gasteiger partial charge in [0.15, 0.2) is 11.6 Å². The second-order valence-corrected chi connectivity index (χ2v) is 13.5. The molecule has 0 saturated heterocycles. The van der Waals surface area contributed by atoms with E-state index < -0.39 is 7.14 Å². The molecule has 1 aromatic carbocycles. The van der Waals surface area contributed by atoms with Crippen LogP contribution in [-0.2, 0) is 11.0 Å². The molecule has 0 fully saturated rings. The van der Waals surface area contributed by atoms with Gasteiger partial charge >= 0.3 is 0 Å². The van der Waals surface area contributed by atoms with Crippen LogP contribution in [0.4, 0.5) is 29.0 Å². The van der Waals surface area contributed by atoms with Gasteiger partial charge < -0.3 is 34.5 Å². The third-order valence-corrected chi connectivity index (χ3v) is 8.18. The predicted molar refractivity (Wildman–Crippen MR) is 168 cm³/mol. The van der Waals surface area contributed by atoms with E-state index in [2.05, 4.69) is 37.3 Å². The largest absolute Gasteiger partial charge is 0.491 e. The number of likely N-dealkylation sites (N-methyl/N-ethyl adjacent to an activating group) is 2. The highest BCUT2D eigenvalue weighted by molar-refractivity contribution is 7.71. The van der Waals surface area contributed by atoms with Crippen molar-refractivity contribution in [3.63, 3.8) is 0 Å². The molecule has 218 valence electrons. The number of fused-ring (bicyclic) bond motifs is 1. The highest BCUT2D eigenvalue weighted by Crippen LogP contribution is 2.41. The number of methoxy groups -OCH3 is 2. The third kappa shape index (κ3) is 6.86. The Kier molecular flexibility index (Phi) is 9.30. The molecular weight excluding hydrogens is 539 g/mol. The Labute approximate surface area is 241 Å². The second kappa shape index (κ2) is 12.7. The molecule has 0 atom stereocenters. The lowest BCUT2D eigenvalue weighted by atomic mass is 10.1. The summed E-state index contributed by atoms with van der Waals surface area (Å²) in [7, 11) is 6.56. The lowest BCUT2D eigenvalue weighted by Crippen LogP contribution is -2.29. The summed E-state index contributed by atoms with van der Waals surface area (Å²) in [4.78, 5) is 22.8. The number of pyridine rings is 2. The van der Waals surface area contributed by atoms with Crippen LogP contribution in [0.25, 0.3) is 10.9 Å². The maximum absolute atomic E-state index is 13.4. The van der Waals surface area contributed by atoms with Gasteiger partial charge in [-0.3, -0.25) is 4.98 Å². The van der Waals surface area contributed by atoms with E-state index in [1.54, 1.807) is 39.9 Å². The Bertz CT molecular complexity index is 1570. The van der Waals surface area contributed by atoms with E-state index >= 15 is 0 Å². The van der Waals surface area contributed by atoms with Crippen LogP contribution in [0.2, 0.25) is 0 Å². The molecule has 4 aromatic rings. The van der Waals surface area contributed by atoms with Crippen molar-refractivity contribution in [2.24, 2.45) is 0 Å². The monoisotopic (exact) mass is 578 g/mol. The number of rotatable bonds is 12. The average Bonchev–Trinajstić information content (AvgIpc) is 2.95. The van der Waals surface area contributed by atoms with Crippen LogP contribution in [0.1, 0.15) is 12.5 Å². The summed E-state index contributed by atoms with van der Waals surface area (Å²) in [5.74, 6) is 2.44. The van der Waals surface area contributed by atoms with E-state index in [1.807, 2.05) is 51.5 Å². The van der Waals surface area contributed by atoms with Gasteiger partial charge in [0.2, 0.25) is 11.8 Å². The van der Waals surface area contributed by atoms with Gasteiger partial charge in [0.25, 0.3) is 0 Å². The lowest BCUT2D eigenvalue weighted by molar-refractivity contribution is 0.398. The van der Waals surface area contributed by atoms with Crippen molar-refractivity contribution in [1.82, 2.24) is 24.8 Å². The first kappa shape index (κ1) is 30.0. The summed E-state index contributed by atoms with van der Waals surface area (Å²) >= 11 is 0. The van der Waals surface area contributed by atoms with Crippen molar-refractivity contribution in [2.75, 3.05) is 77.3 Å². The van der Waals surface area contributed by atoms with Crippen LogP contribution < -0.4 is 30.3 Å². The molecule has 0 spiro atoms. The van der Waals surface area contributed by atoms with Crippen LogP contribution in [0.15, 0.2) is 42.7 Å². The normalized spacial score (nSPS) is 11.5. The number of aryl methyl sites for hydroxylation is 1. The standard InChI is InChI=1S/C29H39N8O3P/c1-9-19-16-22(28(40-6)35-27(19)37(4)15-14-36(2)3)33-29-31-18-24(39-5)26(34-29)32-23-17-30-21-13-11-10-12-20(21)25(23)41(7,8)38/h10-13,16-18H,9,14-15H2,1-8H3,(H2,31,32,33,34). The molecule has 0 unspecified atom stereocenters.